The summed E-state index contributed by atoms with van der Waals surface area (Å²) in [6, 6.07) is 15.2. The van der Waals surface area contributed by atoms with Gasteiger partial charge in [-0.25, -0.2) is 9.37 Å². The predicted molar refractivity (Wildman–Crippen MR) is 109 cm³/mol. The van der Waals surface area contributed by atoms with Crippen LogP contribution in [0.5, 0.6) is 0 Å². The number of aromatic nitrogens is 2. The minimum absolute atomic E-state index is 0.207. The normalized spacial score (nSPS) is 10.9. The van der Waals surface area contributed by atoms with Crippen molar-refractivity contribution in [2.45, 2.75) is 13.5 Å². The summed E-state index contributed by atoms with van der Waals surface area (Å²) < 4.78 is 14.5. The van der Waals surface area contributed by atoms with Gasteiger partial charge in [-0.05, 0) is 30.7 Å². The molecule has 0 bridgehead atoms. The summed E-state index contributed by atoms with van der Waals surface area (Å²) in [5.41, 5.74) is 1.84. The third-order valence-electron chi connectivity index (χ3n) is 4.34. The molecule has 140 valence electrons. The second-order valence-electron chi connectivity index (χ2n) is 6.32. The predicted octanol–water partition coefficient (Wildman–Crippen LogP) is 4.21. The molecular formula is C21H16FN3O2S. The zero-order valence-electron chi connectivity index (χ0n) is 15.0. The van der Waals surface area contributed by atoms with E-state index in [0.29, 0.717) is 15.9 Å². The molecule has 5 nitrogen and oxygen atoms in total. The first-order valence-electron chi connectivity index (χ1n) is 8.62. The van der Waals surface area contributed by atoms with Crippen LogP contribution in [0.2, 0.25) is 0 Å². The topological polar surface area (TPSA) is 64.0 Å². The van der Waals surface area contributed by atoms with Crippen LogP contribution in [-0.4, -0.2) is 15.5 Å². The van der Waals surface area contributed by atoms with Gasteiger partial charge in [0.25, 0.3) is 5.56 Å². The van der Waals surface area contributed by atoms with Crippen molar-refractivity contribution in [3.05, 3.63) is 82.0 Å². The number of aryl methyl sites for hydroxylation is 1. The summed E-state index contributed by atoms with van der Waals surface area (Å²) in [6.45, 7) is 1.75. The standard InChI is InChI=1S/C21H16FN3O2S/c1-13-18(14-6-3-2-4-7-14)19-20(28-13)23-12-25(21(19)27)11-17(26)24-16-9-5-8-15(22)10-16/h2-10,12H,11H2,1H3,(H,24,26). The fourth-order valence-corrected chi connectivity index (χ4v) is 4.13. The molecule has 0 unspecified atom stereocenters. The van der Waals surface area contributed by atoms with Crippen LogP contribution in [0, 0.1) is 12.7 Å². The molecule has 0 aliphatic heterocycles. The smallest absolute Gasteiger partial charge is 0.263 e. The van der Waals surface area contributed by atoms with Crippen molar-refractivity contribution >= 4 is 33.1 Å². The summed E-state index contributed by atoms with van der Waals surface area (Å²) in [4.78, 5) is 31.4. The Bertz CT molecular complexity index is 1230. The molecule has 0 aliphatic rings. The van der Waals surface area contributed by atoms with Gasteiger partial charge in [-0.3, -0.25) is 14.2 Å². The number of amides is 1. The minimum Gasteiger partial charge on any atom is -0.324 e. The molecule has 0 atom stereocenters. The van der Waals surface area contributed by atoms with Gasteiger partial charge in [0, 0.05) is 16.1 Å². The van der Waals surface area contributed by atoms with E-state index in [2.05, 4.69) is 10.3 Å². The maximum Gasteiger partial charge on any atom is 0.263 e. The van der Waals surface area contributed by atoms with Crippen molar-refractivity contribution in [1.82, 2.24) is 9.55 Å². The average Bonchev–Trinajstić information content (AvgIpc) is 3.01. The van der Waals surface area contributed by atoms with Crippen molar-refractivity contribution in [3.63, 3.8) is 0 Å². The van der Waals surface area contributed by atoms with Crippen molar-refractivity contribution in [3.8, 4) is 11.1 Å². The number of benzene rings is 2. The number of anilines is 1. The molecule has 2 aromatic carbocycles. The number of thiophene rings is 1. The Labute approximate surface area is 164 Å². The van der Waals surface area contributed by atoms with Gasteiger partial charge < -0.3 is 5.32 Å². The number of carbonyl (C=O) groups is 1. The molecule has 4 rings (SSSR count). The fraction of sp³-hybridized carbons (Fsp3) is 0.0952. The van der Waals surface area contributed by atoms with Crippen LogP contribution >= 0.6 is 11.3 Å². The number of hydrogen-bond donors (Lipinski definition) is 1. The average molecular weight is 393 g/mol. The van der Waals surface area contributed by atoms with Gasteiger partial charge in [0.1, 0.15) is 17.2 Å². The second kappa shape index (κ2) is 7.36. The van der Waals surface area contributed by atoms with Gasteiger partial charge in [-0.15, -0.1) is 11.3 Å². The zero-order valence-corrected chi connectivity index (χ0v) is 15.8. The number of fused-ring (bicyclic) bond motifs is 1. The van der Waals surface area contributed by atoms with Crippen LogP contribution in [0.15, 0.2) is 65.7 Å². The summed E-state index contributed by atoms with van der Waals surface area (Å²) in [5, 5.41) is 3.10. The lowest BCUT2D eigenvalue weighted by Gasteiger charge is -2.08. The summed E-state index contributed by atoms with van der Waals surface area (Å²) in [7, 11) is 0. The first-order valence-corrected chi connectivity index (χ1v) is 9.44. The van der Waals surface area contributed by atoms with E-state index in [-0.39, 0.29) is 12.1 Å². The van der Waals surface area contributed by atoms with E-state index in [4.69, 9.17) is 0 Å². The molecule has 1 N–H and O–H groups in total. The van der Waals surface area contributed by atoms with Crippen molar-refractivity contribution in [1.29, 1.82) is 0 Å². The van der Waals surface area contributed by atoms with E-state index in [1.807, 2.05) is 37.3 Å². The van der Waals surface area contributed by atoms with Crippen LogP contribution in [0.25, 0.3) is 21.3 Å². The molecule has 0 saturated carbocycles. The highest BCUT2D eigenvalue weighted by Crippen LogP contribution is 2.35. The highest BCUT2D eigenvalue weighted by Gasteiger charge is 2.17. The van der Waals surface area contributed by atoms with E-state index in [0.717, 1.165) is 16.0 Å². The first-order chi connectivity index (χ1) is 13.5. The molecule has 0 spiro atoms. The van der Waals surface area contributed by atoms with Gasteiger partial charge in [-0.2, -0.15) is 0 Å². The molecule has 2 aromatic heterocycles. The Morgan fingerprint density at radius 3 is 2.71 bits per heavy atom. The highest BCUT2D eigenvalue weighted by molar-refractivity contribution is 7.19. The van der Waals surface area contributed by atoms with Crippen LogP contribution < -0.4 is 10.9 Å². The van der Waals surface area contributed by atoms with E-state index < -0.39 is 11.7 Å². The van der Waals surface area contributed by atoms with Gasteiger partial charge >= 0.3 is 0 Å². The van der Waals surface area contributed by atoms with Crippen LogP contribution in [-0.2, 0) is 11.3 Å². The lowest BCUT2D eigenvalue weighted by Crippen LogP contribution is -2.27. The van der Waals surface area contributed by atoms with Crippen LogP contribution in [0.4, 0.5) is 10.1 Å². The molecule has 4 aromatic rings. The number of nitrogens with zero attached hydrogens (tertiary/aromatic N) is 2. The van der Waals surface area contributed by atoms with Gasteiger partial charge in [-0.1, -0.05) is 36.4 Å². The Morgan fingerprint density at radius 2 is 1.96 bits per heavy atom. The summed E-state index contributed by atoms with van der Waals surface area (Å²) >= 11 is 1.45. The van der Waals surface area contributed by atoms with Crippen LogP contribution in [0.1, 0.15) is 4.88 Å². The monoisotopic (exact) mass is 393 g/mol. The Balaban J connectivity index is 1.70. The molecule has 0 aliphatic carbocycles. The molecule has 0 radical (unpaired) electrons. The van der Waals surface area contributed by atoms with Crippen LogP contribution in [0.3, 0.4) is 0 Å². The minimum atomic E-state index is -0.445. The number of hydrogen-bond acceptors (Lipinski definition) is 4. The lowest BCUT2D eigenvalue weighted by atomic mass is 10.0. The van der Waals surface area contributed by atoms with Gasteiger partial charge in [0.2, 0.25) is 5.91 Å². The first kappa shape index (κ1) is 18.1. The van der Waals surface area contributed by atoms with Gasteiger partial charge in [0.15, 0.2) is 0 Å². The van der Waals surface area contributed by atoms with E-state index in [1.54, 1.807) is 6.07 Å². The molecular weight excluding hydrogens is 377 g/mol. The number of carbonyl (C=O) groups excluding carboxylic acids is 1. The third-order valence-corrected chi connectivity index (χ3v) is 5.35. The van der Waals surface area contributed by atoms with E-state index >= 15 is 0 Å². The van der Waals surface area contributed by atoms with E-state index in [1.165, 1.54) is 40.4 Å². The summed E-state index contributed by atoms with van der Waals surface area (Å²) in [6.07, 6.45) is 1.38. The summed E-state index contributed by atoms with van der Waals surface area (Å²) in [5.74, 6) is -0.874. The largest absolute Gasteiger partial charge is 0.324 e. The highest BCUT2D eigenvalue weighted by atomic mass is 32.1. The quantitative estimate of drug-likeness (QED) is 0.565. The molecule has 1 amide bonds. The molecule has 0 fully saturated rings. The van der Waals surface area contributed by atoms with Crippen molar-refractivity contribution < 1.29 is 9.18 Å². The molecule has 0 saturated heterocycles. The van der Waals surface area contributed by atoms with Crippen molar-refractivity contribution in [2.24, 2.45) is 0 Å². The molecule has 2 heterocycles. The Hall–Kier alpha value is -3.32. The number of rotatable bonds is 4. The zero-order chi connectivity index (χ0) is 19.7. The maximum atomic E-state index is 13.3. The fourth-order valence-electron chi connectivity index (χ4n) is 3.12. The third kappa shape index (κ3) is 3.44. The second-order valence-corrected chi connectivity index (χ2v) is 7.52. The van der Waals surface area contributed by atoms with E-state index in [9.17, 15) is 14.0 Å². The Morgan fingerprint density at radius 1 is 1.18 bits per heavy atom. The number of nitrogens with one attached hydrogen (secondary N) is 1. The number of halogens is 1. The van der Waals surface area contributed by atoms with Gasteiger partial charge in [0.05, 0.1) is 11.7 Å². The maximum absolute atomic E-state index is 13.3. The van der Waals surface area contributed by atoms with Crippen molar-refractivity contribution in [2.75, 3.05) is 5.32 Å². The molecule has 7 heteroatoms. The SMILES string of the molecule is Cc1sc2ncn(CC(=O)Nc3cccc(F)c3)c(=O)c2c1-c1ccccc1. The Kier molecular flexibility index (Phi) is 4.75. The molecule has 28 heavy (non-hydrogen) atoms. The lowest BCUT2D eigenvalue weighted by molar-refractivity contribution is -0.116.